The fourth-order valence-electron chi connectivity index (χ4n) is 3.22. The molecule has 2 aromatic heterocycles. The molecule has 2 heterocycles. The number of hydrogen-bond acceptors (Lipinski definition) is 6. The van der Waals surface area contributed by atoms with Gasteiger partial charge in [-0.25, -0.2) is 14.8 Å². The van der Waals surface area contributed by atoms with Crippen LogP contribution in [0.25, 0.3) is 11.0 Å². The van der Waals surface area contributed by atoms with Crippen molar-refractivity contribution >= 4 is 45.5 Å². The molecule has 0 bridgehead atoms. The van der Waals surface area contributed by atoms with E-state index < -0.39 is 6.09 Å². The quantitative estimate of drug-likeness (QED) is 0.716. The Morgan fingerprint density at radius 2 is 2.04 bits per heavy atom. The van der Waals surface area contributed by atoms with Gasteiger partial charge in [-0.2, -0.15) is 0 Å². The van der Waals surface area contributed by atoms with Crippen molar-refractivity contribution < 1.29 is 9.63 Å². The minimum absolute atomic E-state index is 0.193. The number of anilines is 1. The maximum Gasteiger partial charge on any atom is 0.436 e. The molecular weight excluding hydrogens is 423 g/mol. The zero-order valence-corrected chi connectivity index (χ0v) is 16.1. The lowest BCUT2D eigenvalue weighted by atomic mass is 10.0. The fourth-order valence-corrected chi connectivity index (χ4v) is 3.94. The molecule has 0 saturated heterocycles. The number of nitrogens with zero attached hydrogens (tertiary/aromatic N) is 5. The Morgan fingerprint density at radius 1 is 1.38 bits per heavy atom. The number of carbonyl (C=O) groups excluding carboxylic acids is 1. The van der Waals surface area contributed by atoms with Crippen molar-refractivity contribution in [2.24, 2.45) is 0 Å². The number of aromatic nitrogens is 4. The Morgan fingerprint density at radius 3 is 2.67 bits per heavy atom. The molecule has 1 aliphatic carbocycles. The topological polar surface area (TPSA) is 99.2 Å². The Balaban J connectivity index is 1.92. The minimum atomic E-state index is -0.424. The van der Waals surface area contributed by atoms with Crippen molar-refractivity contribution in [3.63, 3.8) is 0 Å². The van der Waals surface area contributed by atoms with E-state index >= 15 is 0 Å². The molecule has 1 amide bonds. The maximum absolute atomic E-state index is 12.8. The largest absolute Gasteiger partial charge is 0.436 e. The molecule has 24 heavy (non-hydrogen) atoms. The summed E-state index contributed by atoms with van der Waals surface area (Å²) in [5.74, 6) is 0.315. The molecule has 2 N–H and O–H groups in total. The average Bonchev–Trinajstić information content (AvgIpc) is 3.07. The van der Waals surface area contributed by atoms with E-state index in [-0.39, 0.29) is 11.6 Å². The predicted molar refractivity (Wildman–Crippen MR) is 98.3 cm³/mol. The summed E-state index contributed by atoms with van der Waals surface area (Å²) in [6, 6.07) is 0.193. The van der Waals surface area contributed by atoms with Gasteiger partial charge in [-0.15, -0.1) is 5.10 Å². The van der Waals surface area contributed by atoms with Gasteiger partial charge >= 0.3 is 6.09 Å². The predicted octanol–water partition coefficient (Wildman–Crippen LogP) is 2.60. The van der Waals surface area contributed by atoms with E-state index in [1.807, 2.05) is 48.3 Å². The summed E-state index contributed by atoms with van der Waals surface area (Å²) in [7, 11) is 0. The smallest absolute Gasteiger partial charge is 0.383 e. The standard InChI is InChI=1S/C15H21IN6O2/c1-15(2,3)21(9-6-4-5-7-9)14(23)24-22-13-10(11(16)20-22)12(17)18-8-19-13/h8-9H,4-7H2,1-3H3,(H2,17,18,19). The second-order valence-electron chi connectivity index (χ2n) is 6.96. The minimum Gasteiger partial charge on any atom is -0.383 e. The van der Waals surface area contributed by atoms with E-state index in [1.54, 1.807) is 0 Å². The summed E-state index contributed by atoms with van der Waals surface area (Å²) in [6.45, 7) is 6.03. The first-order chi connectivity index (χ1) is 11.3. The Hall–Kier alpha value is -1.65. The lowest BCUT2D eigenvalue weighted by molar-refractivity contribution is 0.0337. The third kappa shape index (κ3) is 3.13. The summed E-state index contributed by atoms with van der Waals surface area (Å²) in [6.07, 6.45) is 5.18. The lowest BCUT2D eigenvalue weighted by Crippen LogP contribution is -2.53. The number of rotatable bonds is 2. The van der Waals surface area contributed by atoms with Crippen LogP contribution in [0.4, 0.5) is 10.6 Å². The molecule has 1 saturated carbocycles. The molecular formula is C15H21IN6O2. The van der Waals surface area contributed by atoms with Gasteiger partial charge in [0.05, 0.1) is 5.39 Å². The van der Waals surface area contributed by atoms with Crippen LogP contribution in [0, 0.1) is 3.70 Å². The third-order valence-corrected chi connectivity index (χ3v) is 4.95. The first kappa shape index (κ1) is 17.2. The van der Waals surface area contributed by atoms with Crippen molar-refractivity contribution in [1.82, 2.24) is 24.8 Å². The van der Waals surface area contributed by atoms with Crippen LogP contribution in [-0.2, 0) is 0 Å². The van der Waals surface area contributed by atoms with Gasteiger partial charge in [0.2, 0.25) is 5.65 Å². The van der Waals surface area contributed by atoms with Crippen LogP contribution in [0.1, 0.15) is 46.5 Å². The van der Waals surface area contributed by atoms with Gasteiger partial charge in [0, 0.05) is 11.6 Å². The van der Waals surface area contributed by atoms with Crippen LogP contribution in [-0.4, -0.2) is 42.5 Å². The molecule has 1 fully saturated rings. The molecule has 0 aromatic carbocycles. The van der Waals surface area contributed by atoms with Gasteiger partial charge in [-0.05, 0) is 56.2 Å². The first-order valence-corrected chi connectivity index (χ1v) is 9.03. The summed E-state index contributed by atoms with van der Waals surface area (Å²) in [5, 5.41) is 4.82. The third-order valence-electron chi connectivity index (χ3n) is 4.20. The number of fused-ring (bicyclic) bond motifs is 1. The number of nitrogens with two attached hydrogens (primary N) is 1. The van der Waals surface area contributed by atoms with E-state index in [0.29, 0.717) is 20.6 Å². The number of halogens is 1. The van der Waals surface area contributed by atoms with Gasteiger partial charge in [0.15, 0.2) is 0 Å². The highest BCUT2D eigenvalue weighted by Gasteiger charge is 2.36. The summed E-state index contributed by atoms with van der Waals surface area (Å²) < 4.78 is 0.594. The van der Waals surface area contributed by atoms with Gasteiger partial charge < -0.3 is 5.73 Å². The van der Waals surface area contributed by atoms with E-state index in [0.717, 1.165) is 30.5 Å². The van der Waals surface area contributed by atoms with E-state index in [4.69, 9.17) is 10.6 Å². The van der Waals surface area contributed by atoms with Gasteiger partial charge in [-0.3, -0.25) is 9.74 Å². The molecule has 3 rings (SSSR count). The van der Waals surface area contributed by atoms with Gasteiger partial charge in [-0.1, -0.05) is 17.7 Å². The fraction of sp³-hybridized carbons (Fsp3) is 0.600. The molecule has 0 radical (unpaired) electrons. The molecule has 8 nitrogen and oxygen atoms in total. The SMILES string of the molecule is CC(C)(C)N(C(=O)On1nc(I)c2c(N)ncnc21)C1CCCC1. The average molecular weight is 444 g/mol. The molecule has 0 aliphatic heterocycles. The van der Waals surface area contributed by atoms with Crippen molar-refractivity contribution in [1.29, 1.82) is 0 Å². The summed E-state index contributed by atoms with van der Waals surface area (Å²) >= 11 is 2.03. The van der Waals surface area contributed by atoms with Gasteiger partial charge in [0.1, 0.15) is 15.8 Å². The molecule has 0 spiro atoms. The first-order valence-electron chi connectivity index (χ1n) is 7.95. The Labute approximate surface area is 153 Å². The van der Waals surface area contributed by atoms with E-state index in [2.05, 4.69) is 15.1 Å². The van der Waals surface area contributed by atoms with Crippen LogP contribution in [0.5, 0.6) is 0 Å². The number of amides is 1. The Kier molecular flexibility index (Phi) is 4.54. The zero-order valence-electron chi connectivity index (χ0n) is 14.0. The van der Waals surface area contributed by atoms with Crippen molar-refractivity contribution in [3.8, 4) is 0 Å². The van der Waals surface area contributed by atoms with Crippen LogP contribution in [0.3, 0.4) is 0 Å². The van der Waals surface area contributed by atoms with Crippen LogP contribution < -0.4 is 10.6 Å². The molecule has 1 aliphatic rings. The monoisotopic (exact) mass is 444 g/mol. The molecule has 9 heteroatoms. The van der Waals surface area contributed by atoms with Crippen LogP contribution in [0.2, 0.25) is 0 Å². The van der Waals surface area contributed by atoms with Crippen molar-refractivity contribution in [3.05, 3.63) is 10.0 Å². The number of carbonyl (C=O) groups is 1. The zero-order chi connectivity index (χ0) is 17.5. The summed E-state index contributed by atoms with van der Waals surface area (Å²) in [5.41, 5.74) is 5.92. The number of hydrogen-bond donors (Lipinski definition) is 1. The van der Waals surface area contributed by atoms with Gasteiger partial charge in [0.25, 0.3) is 0 Å². The van der Waals surface area contributed by atoms with E-state index in [1.165, 1.54) is 6.33 Å². The normalized spacial score (nSPS) is 15.8. The number of nitrogen functional groups attached to an aromatic ring is 1. The van der Waals surface area contributed by atoms with Crippen LogP contribution in [0.15, 0.2) is 6.33 Å². The molecule has 2 aromatic rings. The molecule has 0 unspecified atom stereocenters. The molecule has 130 valence electrons. The lowest BCUT2D eigenvalue weighted by Gasteiger charge is -2.38. The highest BCUT2D eigenvalue weighted by Crippen LogP contribution is 2.30. The second-order valence-corrected chi connectivity index (χ2v) is 7.98. The van der Waals surface area contributed by atoms with E-state index in [9.17, 15) is 4.79 Å². The summed E-state index contributed by atoms with van der Waals surface area (Å²) in [4.78, 5) is 29.5. The van der Waals surface area contributed by atoms with Crippen molar-refractivity contribution in [2.75, 3.05) is 5.73 Å². The van der Waals surface area contributed by atoms with Crippen LogP contribution >= 0.6 is 22.6 Å². The van der Waals surface area contributed by atoms with Crippen molar-refractivity contribution in [2.45, 2.75) is 58.0 Å². The maximum atomic E-state index is 12.8. The molecule has 0 atom stereocenters. The highest BCUT2D eigenvalue weighted by molar-refractivity contribution is 14.1. The Bertz CT molecular complexity index is 763. The highest BCUT2D eigenvalue weighted by atomic mass is 127. The second kappa shape index (κ2) is 6.34.